The summed E-state index contributed by atoms with van der Waals surface area (Å²) < 4.78 is 0. The molecule has 0 heterocycles. The summed E-state index contributed by atoms with van der Waals surface area (Å²) in [4.78, 5) is 12.3. The van der Waals surface area contributed by atoms with Gasteiger partial charge in [-0.25, -0.2) is 0 Å². The third-order valence-electron chi connectivity index (χ3n) is 8.03. The van der Waals surface area contributed by atoms with Gasteiger partial charge < -0.3 is 15.5 Å². The first-order valence-corrected chi connectivity index (χ1v) is 17.4. The number of amides is 1. The Bertz CT molecular complexity index is 522. The number of rotatable bonds is 31. The predicted molar refractivity (Wildman–Crippen MR) is 170 cm³/mol. The van der Waals surface area contributed by atoms with Gasteiger partial charge in [0.2, 0.25) is 5.91 Å². The quantitative estimate of drug-likeness (QED) is 0.0593. The van der Waals surface area contributed by atoms with E-state index in [2.05, 4.69) is 31.3 Å². The highest BCUT2D eigenvalue weighted by Crippen LogP contribution is 2.14. The van der Waals surface area contributed by atoms with Crippen molar-refractivity contribution in [1.29, 1.82) is 0 Å². The second kappa shape index (κ2) is 31.7. The Hall–Kier alpha value is -0.870. The van der Waals surface area contributed by atoms with Crippen molar-refractivity contribution in [3.05, 3.63) is 12.2 Å². The lowest BCUT2D eigenvalue weighted by Crippen LogP contribution is -2.45. The lowest BCUT2D eigenvalue weighted by atomic mass is 10.0. The second-order valence-corrected chi connectivity index (χ2v) is 11.9. The first-order valence-electron chi connectivity index (χ1n) is 17.4. The van der Waals surface area contributed by atoms with Crippen LogP contribution in [-0.4, -0.2) is 34.9 Å². The number of hydrogen-bond donors (Lipinski definition) is 3. The number of unbranched alkanes of at least 4 members (excludes halogenated alkanes) is 22. The van der Waals surface area contributed by atoms with Gasteiger partial charge in [0.15, 0.2) is 0 Å². The highest BCUT2D eigenvalue weighted by atomic mass is 16.3. The minimum Gasteiger partial charge on any atom is -0.394 e. The van der Waals surface area contributed by atoms with Crippen LogP contribution in [0.25, 0.3) is 0 Å². The molecule has 0 saturated heterocycles. The van der Waals surface area contributed by atoms with E-state index in [9.17, 15) is 15.0 Å². The molecule has 2 atom stereocenters. The van der Waals surface area contributed by atoms with Gasteiger partial charge >= 0.3 is 0 Å². The van der Waals surface area contributed by atoms with Crippen molar-refractivity contribution in [2.45, 2.75) is 199 Å². The van der Waals surface area contributed by atoms with E-state index in [1.165, 1.54) is 135 Å². The summed E-state index contributed by atoms with van der Waals surface area (Å²) in [5.74, 6) is -0.0370. The molecule has 0 saturated carbocycles. The second-order valence-electron chi connectivity index (χ2n) is 11.9. The van der Waals surface area contributed by atoms with Gasteiger partial charge in [0.1, 0.15) is 0 Å². The molecule has 0 bridgehead atoms. The maximum Gasteiger partial charge on any atom is 0.220 e. The summed E-state index contributed by atoms with van der Waals surface area (Å²) in [6.45, 7) is 4.31. The fraction of sp³-hybridized carbons (Fsp3) is 0.914. The number of carbonyl (C=O) groups is 1. The summed E-state index contributed by atoms with van der Waals surface area (Å²) in [5.41, 5.74) is 0. The molecule has 0 spiro atoms. The molecule has 0 rings (SSSR count). The van der Waals surface area contributed by atoms with Gasteiger partial charge in [-0.2, -0.15) is 0 Å². The van der Waals surface area contributed by atoms with Crippen LogP contribution in [-0.2, 0) is 4.79 Å². The molecule has 232 valence electrons. The van der Waals surface area contributed by atoms with Gasteiger partial charge in [0.25, 0.3) is 0 Å². The third-order valence-corrected chi connectivity index (χ3v) is 8.03. The molecule has 1 amide bonds. The molecule has 4 heteroatoms. The first-order chi connectivity index (χ1) is 19.2. The minimum absolute atomic E-state index is 0.0370. The number of carbonyl (C=O) groups excluding carboxylic acids is 1. The molecular weight excluding hydrogens is 482 g/mol. The number of nitrogens with one attached hydrogen (secondary N) is 1. The molecule has 0 aliphatic rings. The Morgan fingerprint density at radius 3 is 1.41 bits per heavy atom. The van der Waals surface area contributed by atoms with Crippen LogP contribution in [0.3, 0.4) is 0 Å². The summed E-state index contributed by atoms with van der Waals surface area (Å²) in [6, 6.07) is -0.530. The van der Waals surface area contributed by atoms with Gasteiger partial charge in [-0.1, -0.05) is 154 Å². The van der Waals surface area contributed by atoms with Crippen LogP contribution < -0.4 is 5.32 Å². The molecule has 0 radical (unpaired) electrons. The molecule has 39 heavy (non-hydrogen) atoms. The fourth-order valence-electron chi connectivity index (χ4n) is 5.29. The summed E-state index contributed by atoms with van der Waals surface area (Å²) in [7, 11) is 0. The number of hydrogen-bond acceptors (Lipinski definition) is 3. The third kappa shape index (κ3) is 28.5. The average Bonchev–Trinajstić information content (AvgIpc) is 2.94. The summed E-state index contributed by atoms with van der Waals surface area (Å²) in [6.07, 6.45) is 37.0. The number of allylic oxidation sites excluding steroid dienone is 2. The van der Waals surface area contributed by atoms with Gasteiger partial charge in [0.05, 0.1) is 18.8 Å². The molecule has 4 nitrogen and oxygen atoms in total. The van der Waals surface area contributed by atoms with Gasteiger partial charge in [-0.3, -0.25) is 4.79 Å². The summed E-state index contributed by atoms with van der Waals surface area (Å²) >= 11 is 0. The highest BCUT2D eigenvalue weighted by molar-refractivity contribution is 5.76. The zero-order valence-electron chi connectivity index (χ0n) is 26.4. The fourth-order valence-corrected chi connectivity index (χ4v) is 5.29. The van der Waals surface area contributed by atoms with E-state index in [0.29, 0.717) is 12.8 Å². The Morgan fingerprint density at radius 2 is 0.974 bits per heavy atom. The van der Waals surface area contributed by atoms with Crippen molar-refractivity contribution in [1.82, 2.24) is 5.32 Å². The average molecular weight is 552 g/mol. The zero-order valence-corrected chi connectivity index (χ0v) is 26.4. The van der Waals surface area contributed by atoms with E-state index in [0.717, 1.165) is 25.7 Å². The Kier molecular flexibility index (Phi) is 30.9. The number of aliphatic hydroxyl groups is 2. The van der Waals surface area contributed by atoms with E-state index >= 15 is 0 Å². The molecule has 0 aliphatic carbocycles. The first kappa shape index (κ1) is 38.1. The zero-order chi connectivity index (χ0) is 28.7. The standard InChI is InChI=1S/C35H69NO3/c1-3-5-7-9-11-13-14-15-16-17-18-19-20-21-22-23-25-27-29-31-35(39)36-33(32-37)34(38)30-28-26-24-12-10-8-6-4-2/h15-16,33-34,37-38H,3-14,17-32H2,1-2H3,(H,36,39)/b16-15-. The normalized spacial score (nSPS) is 13.2. The highest BCUT2D eigenvalue weighted by Gasteiger charge is 2.19. The molecule has 2 unspecified atom stereocenters. The van der Waals surface area contributed by atoms with Crippen LogP contribution in [0.5, 0.6) is 0 Å². The molecular formula is C35H69NO3. The van der Waals surface area contributed by atoms with Crippen LogP contribution in [0, 0.1) is 0 Å². The maximum atomic E-state index is 12.3. The molecule has 0 aromatic rings. The molecule has 0 fully saturated rings. The van der Waals surface area contributed by atoms with Crippen molar-refractivity contribution in [3.63, 3.8) is 0 Å². The Labute approximate surface area is 244 Å². The maximum absolute atomic E-state index is 12.3. The largest absolute Gasteiger partial charge is 0.394 e. The lowest BCUT2D eigenvalue weighted by molar-refractivity contribution is -0.123. The van der Waals surface area contributed by atoms with E-state index in [1.54, 1.807) is 0 Å². The van der Waals surface area contributed by atoms with Gasteiger partial charge in [0, 0.05) is 6.42 Å². The minimum atomic E-state index is -0.653. The van der Waals surface area contributed by atoms with Crippen LogP contribution in [0.15, 0.2) is 12.2 Å². The number of aliphatic hydroxyl groups excluding tert-OH is 2. The van der Waals surface area contributed by atoms with Crippen molar-refractivity contribution in [3.8, 4) is 0 Å². The lowest BCUT2D eigenvalue weighted by Gasteiger charge is -2.22. The Balaban J connectivity index is 3.51. The van der Waals surface area contributed by atoms with Gasteiger partial charge in [-0.15, -0.1) is 0 Å². The van der Waals surface area contributed by atoms with E-state index in [1.807, 2.05) is 0 Å². The molecule has 3 N–H and O–H groups in total. The van der Waals surface area contributed by atoms with Crippen molar-refractivity contribution >= 4 is 5.91 Å². The van der Waals surface area contributed by atoms with Gasteiger partial charge in [-0.05, 0) is 38.5 Å². The molecule has 0 aromatic carbocycles. The van der Waals surface area contributed by atoms with Crippen LogP contribution in [0.1, 0.15) is 187 Å². The van der Waals surface area contributed by atoms with Crippen LogP contribution in [0.2, 0.25) is 0 Å². The van der Waals surface area contributed by atoms with E-state index in [4.69, 9.17) is 0 Å². The molecule has 0 aromatic heterocycles. The monoisotopic (exact) mass is 552 g/mol. The van der Waals surface area contributed by atoms with Crippen molar-refractivity contribution < 1.29 is 15.0 Å². The van der Waals surface area contributed by atoms with Crippen LogP contribution in [0.4, 0.5) is 0 Å². The van der Waals surface area contributed by atoms with Crippen molar-refractivity contribution in [2.24, 2.45) is 0 Å². The molecule has 0 aliphatic heterocycles. The SMILES string of the molecule is CCCCCCCC/C=C\CCCCCCCCCCCC(=O)NC(CO)C(O)CCCCCCCCCC. The van der Waals surface area contributed by atoms with Crippen molar-refractivity contribution in [2.75, 3.05) is 6.61 Å². The smallest absolute Gasteiger partial charge is 0.220 e. The predicted octanol–water partition coefficient (Wildman–Crippen LogP) is 9.95. The van der Waals surface area contributed by atoms with E-state index < -0.39 is 12.1 Å². The van der Waals surface area contributed by atoms with E-state index in [-0.39, 0.29) is 12.5 Å². The summed E-state index contributed by atoms with van der Waals surface area (Å²) in [5, 5.41) is 22.9. The Morgan fingerprint density at radius 1 is 0.590 bits per heavy atom. The topological polar surface area (TPSA) is 69.6 Å². The van der Waals surface area contributed by atoms with Crippen LogP contribution >= 0.6 is 0 Å².